The molecule has 0 aromatic rings. The second-order valence-corrected chi connectivity index (χ2v) is 9.83. The third kappa shape index (κ3) is 5.01. The molecule has 0 spiro atoms. The lowest BCUT2D eigenvalue weighted by atomic mass is 9.64. The second kappa shape index (κ2) is 9.63. The zero-order valence-corrected chi connectivity index (χ0v) is 16.8. The van der Waals surface area contributed by atoms with Gasteiger partial charge in [-0.3, -0.25) is 0 Å². The fourth-order valence-electron chi connectivity index (χ4n) is 6.88. The third-order valence-electron chi connectivity index (χ3n) is 8.26. The summed E-state index contributed by atoms with van der Waals surface area (Å²) in [5.74, 6) is 6.60. The molecule has 0 saturated heterocycles. The molecule has 3 aliphatic rings. The molecule has 0 heteroatoms. The van der Waals surface area contributed by atoms with Crippen LogP contribution in [0.5, 0.6) is 0 Å². The van der Waals surface area contributed by atoms with Crippen molar-refractivity contribution in [1.82, 2.24) is 0 Å². The Labute approximate surface area is 152 Å². The maximum absolute atomic E-state index is 2.38. The Morgan fingerprint density at radius 3 is 1.58 bits per heavy atom. The highest BCUT2D eigenvalue weighted by atomic mass is 14.4. The van der Waals surface area contributed by atoms with Gasteiger partial charge in [-0.05, 0) is 80.5 Å². The Balaban J connectivity index is 1.39. The summed E-state index contributed by atoms with van der Waals surface area (Å²) in [6.07, 6.45) is 24.7. The Bertz CT molecular complexity index is 328. The smallest absolute Gasteiger partial charge is 0.0383 e. The Morgan fingerprint density at radius 2 is 1.00 bits per heavy atom. The summed E-state index contributed by atoms with van der Waals surface area (Å²) in [5.41, 5.74) is 0. The lowest BCUT2D eigenvalue weighted by molar-refractivity contribution is 0.0986. The van der Waals surface area contributed by atoms with Gasteiger partial charge >= 0.3 is 0 Å². The molecule has 3 saturated carbocycles. The molecule has 3 aliphatic carbocycles. The van der Waals surface area contributed by atoms with Crippen molar-refractivity contribution >= 4 is 0 Å². The average Bonchev–Trinajstić information content (AvgIpc) is 2.63. The van der Waals surface area contributed by atoms with Crippen molar-refractivity contribution < 1.29 is 0 Å². The van der Waals surface area contributed by atoms with Crippen LogP contribution in [-0.2, 0) is 0 Å². The van der Waals surface area contributed by atoms with Crippen LogP contribution in [0.4, 0.5) is 0 Å². The van der Waals surface area contributed by atoms with Crippen molar-refractivity contribution in [2.45, 2.75) is 117 Å². The molecule has 24 heavy (non-hydrogen) atoms. The van der Waals surface area contributed by atoms with Crippen LogP contribution in [0.15, 0.2) is 0 Å². The zero-order chi connectivity index (χ0) is 16.8. The molecule has 0 N–H and O–H groups in total. The lowest BCUT2D eigenvalue weighted by Gasteiger charge is -2.41. The first-order valence-corrected chi connectivity index (χ1v) is 11.8. The van der Waals surface area contributed by atoms with E-state index in [-0.39, 0.29) is 0 Å². The summed E-state index contributed by atoms with van der Waals surface area (Å²) in [6.45, 7) is 4.74. The Kier molecular flexibility index (Phi) is 7.54. The monoisotopic (exact) mass is 332 g/mol. The molecular formula is C24H44. The second-order valence-electron chi connectivity index (χ2n) is 9.83. The average molecular weight is 333 g/mol. The molecule has 140 valence electrons. The van der Waals surface area contributed by atoms with E-state index in [1.54, 1.807) is 70.6 Å². The van der Waals surface area contributed by atoms with Crippen molar-refractivity contribution in [3.05, 3.63) is 0 Å². The molecule has 0 heterocycles. The standard InChI is InChI=1S/C24H44/c1-3-6-19-10-12-21(13-11-19)22-14-16-23(17-15-22)24-9-5-8-20(18-24)7-4-2/h19-24H,3-18H2,1-2H3/t19-,20-,21-,22?,23?,24+/m0/s1. The minimum atomic E-state index is 1.08. The quantitative estimate of drug-likeness (QED) is 0.462. The normalized spacial score (nSPS) is 41.2. The van der Waals surface area contributed by atoms with Gasteiger partial charge in [-0.1, -0.05) is 71.6 Å². The first-order valence-electron chi connectivity index (χ1n) is 11.8. The van der Waals surface area contributed by atoms with Crippen LogP contribution in [-0.4, -0.2) is 0 Å². The van der Waals surface area contributed by atoms with Gasteiger partial charge < -0.3 is 0 Å². The minimum Gasteiger partial charge on any atom is -0.0654 e. The van der Waals surface area contributed by atoms with Crippen LogP contribution in [0.3, 0.4) is 0 Å². The molecule has 0 amide bonds. The fourth-order valence-corrected chi connectivity index (χ4v) is 6.88. The van der Waals surface area contributed by atoms with Crippen LogP contribution in [0.2, 0.25) is 0 Å². The predicted molar refractivity (Wildman–Crippen MR) is 106 cm³/mol. The van der Waals surface area contributed by atoms with Gasteiger partial charge in [0, 0.05) is 0 Å². The van der Waals surface area contributed by atoms with Gasteiger partial charge in [-0.15, -0.1) is 0 Å². The van der Waals surface area contributed by atoms with Crippen molar-refractivity contribution in [3.63, 3.8) is 0 Å². The summed E-state index contributed by atoms with van der Waals surface area (Å²) in [4.78, 5) is 0. The number of rotatable bonds is 6. The van der Waals surface area contributed by atoms with E-state index in [9.17, 15) is 0 Å². The van der Waals surface area contributed by atoms with E-state index >= 15 is 0 Å². The van der Waals surface area contributed by atoms with Crippen molar-refractivity contribution in [2.75, 3.05) is 0 Å². The van der Waals surface area contributed by atoms with Gasteiger partial charge in [0.1, 0.15) is 0 Å². The molecule has 0 nitrogen and oxygen atoms in total. The van der Waals surface area contributed by atoms with Crippen LogP contribution in [0.1, 0.15) is 117 Å². The first kappa shape index (κ1) is 18.8. The van der Waals surface area contributed by atoms with E-state index in [1.165, 1.54) is 32.1 Å². The highest BCUT2D eigenvalue weighted by molar-refractivity contribution is 4.86. The molecular weight excluding hydrogens is 288 g/mol. The number of hydrogen-bond donors (Lipinski definition) is 0. The van der Waals surface area contributed by atoms with Gasteiger partial charge in [0.25, 0.3) is 0 Å². The van der Waals surface area contributed by atoms with Gasteiger partial charge in [0.2, 0.25) is 0 Å². The maximum atomic E-state index is 2.38. The lowest BCUT2D eigenvalue weighted by Crippen LogP contribution is -2.30. The van der Waals surface area contributed by atoms with E-state index in [4.69, 9.17) is 0 Å². The topological polar surface area (TPSA) is 0 Å². The maximum Gasteiger partial charge on any atom is -0.0383 e. The minimum absolute atomic E-state index is 1.08. The van der Waals surface area contributed by atoms with Crippen LogP contribution < -0.4 is 0 Å². The molecule has 0 radical (unpaired) electrons. The zero-order valence-electron chi connectivity index (χ0n) is 16.8. The Hall–Kier alpha value is 0. The molecule has 0 bridgehead atoms. The number of hydrogen-bond acceptors (Lipinski definition) is 0. The summed E-state index contributed by atoms with van der Waals surface area (Å²) < 4.78 is 0. The van der Waals surface area contributed by atoms with Gasteiger partial charge in [-0.25, -0.2) is 0 Å². The van der Waals surface area contributed by atoms with E-state index < -0.39 is 0 Å². The Morgan fingerprint density at radius 1 is 0.500 bits per heavy atom. The van der Waals surface area contributed by atoms with Crippen LogP contribution in [0, 0.1) is 35.5 Å². The van der Waals surface area contributed by atoms with Crippen molar-refractivity contribution in [1.29, 1.82) is 0 Å². The highest BCUT2D eigenvalue weighted by Crippen LogP contribution is 2.46. The van der Waals surface area contributed by atoms with Crippen molar-refractivity contribution in [2.24, 2.45) is 35.5 Å². The first-order chi connectivity index (χ1) is 11.8. The van der Waals surface area contributed by atoms with Crippen molar-refractivity contribution in [3.8, 4) is 0 Å². The highest BCUT2D eigenvalue weighted by Gasteiger charge is 2.34. The van der Waals surface area contributed by atoms with Gasteiger partial charge in [0.15, 0.2) is 0 Å². The summed E-state index contributed by atoms with van der Waals surface area (Å²) in [6, 6.07) is 0. The van der Waals surface area contributed by atoms with E-state index in [1.807, 2.05) is 0 Å². The van der Waals surface area contributed by atoms with Gasteiger partial charge in [-0.2, -0.15) is 0 Å². The summed E-state index contributed by atoms with van der Waals surface area (Å²) in [7, 11) is 0. The van der Waals surface area contributed by atoms with Crippen LogP contribution in [0.25, 0.3) is 0 Å². The van der Waals surface area contributed by atoms with E-state index in [0.717, 1.165) is 35.5 Å². The molecule has 0 aromatic carbocycles. The molecule has 3 rings (SSSR count). The SMILES string of the molecule is CCC[C@H]1CCC[C@@H](C2CCC([C@H]3CC[C@H](CCC)CC3)CC2)C1. The van der Waals surface area contributed by atoms with E-state index in [2.05, 4.69) is 13.8 Å². The summed E-state index contributed by atoms with van der Waals surface area (Å²) in [5, 5.41) is 0. The van der Waals surface area contributed by atoms with Gasteiger partial charge in [0.05, 0.1) is 0 Å². The molecule has 0 unspecified atom stereocenters. The molecule has 3 fully saturated rings. The fraction of sp³-hybridized carbons (Fsp3) is 1.00. The predicted octanol–water partition coefficient (Wildman–Crippen LogP) is 8.01. The van der Waals surface area contributed by atoms with Crippen LogP contribution >= 0.6 is 0 Å². The van der Waals surface area contributed by atoms with E-state index in [0.29, 0.717) is 0 Å². The molecule has 0 aliphatic heterocycles. The summed E-state index contributed by atoms with van der Waals surface area (Å²) >= 11 is 0. The molecule has 2 atom stereocenters. The molecule has 0 aromatic heterocycles. The largest absolute Gasteiger partial charge is 0.0654 e. The third-order valence-corrected chi connectivity index (χ3v) is 8.26.